The van der Waals surface area contributed by atoms with E-state index in [1.807, 2.05) is 0 Å². The summed E-state index contributed by atoms with van der Waals surface area (Å²) in [5.41, 5.74) is 0. The van der Waals surface area contributed by atoms with Crippen LogP contribution in [0.4, 0.5) is 0 Å². The van der Waals surface area contributed by atoms with Gasteiger partial charge in [0.05, 0.1) is 11.4 Å². The van der Waals surface area contributed by atoms with Crippen molar-refractivity contribution in [3.63, 3.8) is 0 Å². The summed E-state index contributed by atoms with van der Waals surface area (Å²) in [4.78, 5) is 0. The Balaban J connectivity index is 0. The van der Waals surface area contributed by atoms with Crippen molar-refractivity contribution in [2.45, 2.75) is 18.6 Å². The molecule has 0 rings (SSSR count). The molecule has 0 aromatic heterocycles. The quantitative estimate of drug-likeness (QED) is 0.345. The maximum atomic E-state index is 10.3. The van der Waals surface area contributed by atoms with Crippen LogP contribution in [-0.4, -0.2) is 27.2 Å². The van der Waals surface area contributed by atoms with E-state index in [4.69, 9.17) is 0 Å². The third kappa shape index (κ3) is 4.82. The number of rotatable bonds is 3. The van der Waals surface area contributed by atoms with Crippen LogP contribution in [0.5, 0.6) is 0 Å². The fourth-order valence-corrected chi connectivity index (χ4v) is 0.610. The van der Waals surface area contributed by atoms with E-state index in [0.717, 1.165) is 0 Å². The van der Waals surface area contributed by atoms with Gasteiger partial charge in [-0.3, -0.25) is 4.21 Å². The molecule has 0 saturated carbocycles. The van der Waals surface area contributed by atoms with Gasteiger partial charge in [0.25, 0.3) is 0 Å². The number of hydrogen-bond donors (Lipinski definition) is 0. The Hall–Kier alpha value is 1.07. The van der Waals surface area contributed by atoms with Gasteiger partial charge in [0.15, 0.2) is 0 Å². The second kappa shape index (κ2) is 5.69. The van der Waals surface area contributed by atoms with Crippen molar-refractivity contribution in [1.29, 1.82) is 0 Å². The van der Waals surface area contributed by atoms with Crippen molar-refractivity contribution in [2.75, 3.05) is 13.7 Å². The third-order valence-electron chi connectivity index (χ3n) is 0.943. The molecule has 0 bridgehead atoms. The molecule has 0 fully saturated rings. The van der Waals surface area contributed by atoms with Crippen LogP contribution < -0.4 is 29.6 Å². The third-order valence-corrected chi connectivity index (χ3v) is 1.96. The fraction of sp³-hybridized carbons (Fsp3) is 1.00. The predicted octanol–water partition coefficient (Wildman–Crippen LogP) is -2.71. The van der Waals surface area contributed by atoms with E-state index >= 15 is 0 Å². The van der Waals surface area contributed by atoms with Crippen LogP contribution >= 0.6 is 0 Å². The van der Waals surface area contributed by atoms with E-state index < -0.39 is 15.8 Å². The normalized spacial score (nSPS) is 14.0. The summed E-state index contributed by atoms with van der Waals surface area (Å²) < 4.78 is 24.6. The molecular formula is C5H11NaO3S. The Bertz CT molecular complexity index is 115. The van der Waals surface area contributed by atoms with E-state index in [2.05, 4.69) is 4.74 Å². The van der Waals surface area contributed by atoms with Gasteiger partial charge in [-0.15, -0.1) is 0 Å². The van der Waals surface area contributed by atoms with Crippen molar-refractivity contribution in [3.8, 4) is 0 Å². The molecule has 0 aliphatic carbocycles. The fourth-order valence-electron chi connectivity index (χ4n) is 0.396. The van der Waals surface area contributed by atoms with E-state index in [-0.39, 0.29) is 36.2 Å². The van der Waals surface area contributed by atoms with Crippen LogP contribution in [0.2, 0.25) is 0 Å². The molecule has 3 nitrogen and oxygen atoms in total. The molecule has 1 atom stereocenters. The second-order valence-electron chi connectivity index (χ2n) is 2.43. The minimum Gasteiger partial charge on any atom is -0.772 e. The maximum absolute atomic E-state index is 10.3. The zero-order valence-corrected chi connectivity index (χ0v) is 9.66. The van der Waals surface area contributed by atoms with Gasteiger partial charge in [-0.25, -0.2) is 0 Å². The molecule has 5 heteroatoms. The molecule has 1 unspecified atom stereocenters. The first kappa shape index (κ1) is 13.6. The number of ether oxygens (including phenoxy) is 1. The Kier molecular flexibility index (Phi) is 7.76. The van der Waals surface area contributed by atoms with Gasteiger partial charge < -0.3 is 9.29 Å². The zero-order valence-electron chi connectivity index (χ0n) is 6.84. The van der Waals surface area contributed by atoms with Gasteiger partial charge >= 0.3 is 29.6 Å². The molecule has 0 amide bonds. The predicted molar refractivity (Wildman–Crippen MR) is 34.9 cm³/mol. The summed E-state index contributed by atoms with van der Waals surface area (Å²) in [7, 11) is 1.48. The van der Waals surface area contributed by atoms with Gasteiger partial charge in [0.2, 0.25) is 0 Å². The number of hydrogen-bond acceptors (Lipinski definition) is 3. The van der Waals surface area contributed by atoms with E-state index in [9.17, 15) is 8.76 Å². The van der Waals surface area contributed by atoms with Crippen molar-refractivity contribution in [1.82, 2.24) is 0 Å². The topological polar surface area (TPSA) is 49.4 Å². The van der Waals surface area contributed by atoms with Crippen LogP contribution in [0.3, 0.4) is 0 Å². The van der Waals surface area contributed by atoms with E-state index in [1.54, 1.807) is 13.8 Å². The van der Waals surface area contributed by atoms with Crippen LogP contribution in [-0.2, 0) is 15.8 Å². The summed E-state index contributed by atoms with van der Waals surface area (Å²) >= 11 is -2.05. The zero-order chi connectivity index (χ0) is 7.49. The molecule has 0 aliphatic rings. The van der Waals surface area contributed by atoms with Crippen LogP contribution in [0.15, 0.2) is 0 Å². The molecule has 0 heterocycles. The van der Waals surface area contributed by atoms with Crippen LogP contribution in [0.1, 0.15) is 13.8 Å². The summed E-state index contributed by atoms with van der Waals surface area (Å²) in [6, 6.07) is 0. The summed E-state index contributed by atoms with van der Waals surface area (Å²) in [5, 5.41) is 0. The molecule has 0 saturated heterocycles. The average molecular weight is 174 g/mol. The summed E-state index contributed by atoms with van der Waals surface area (Å²) in [5.74, 6) is 0. The first-order chi connectivity index (χ1) is 4.00. The van der Waals surface area contributed by atoms with Crippen molar-refractivity contribution >= 4 is 11.1 Å². The van der Waals surface area contributed by atoms with Gasteiger partial charge in [0.1, 0.15) is 0 Å². The Morgan fingerprint density at radius 2 is 2.00 bits per heavy atom. The first-order valence-electron chi connectivity index (χ1n) is 2.59. The largest absolute Gasteiger partial charge is 1.00 e. The average Bonchev–Trinajstić information content (AvgIpc) is 1.65. The minimum absolute atomic E-state index is 0. The number of methoxy groups -OCH3 is 1. The molecule has 0 spiro atoms. The minimum atomic E-state index is -2.05. The van der Waals surface area contributed by atoms with Gasteiger partial charge in [-0.2, -0.15) is 0 Å². The van der Waals surface area contributed by atoms with Crippen molar-refractivity contribution < 1.29 is 43.1 Å². The molecule has 56 valence electrons. The van der Waals surface area contributed by atoms with E-state index in [1.165, 1.54) is 7.11 Å². The van der Waals surface area contributed by atoms with Gasteiger partial charge in [-0.05, 0) is 24.9 Å². The SMILES string of the molecule is COCC(C)(C)S(=O)[O-].[Na+]. The molecule has 0 radical (unpaired) electrons. The molecule has 10 heavy (non-hydrogen) atoms. The Morgan fingerprint density at radius 1 is 1.60 bits per heavy atom. The maximum Gasteiger partial charge on any atom is 1.00 e. The smallest absolute Gasteiger partial charge is 0.772 e. The van der Waals surface area contributed by atoms with Gasteiger partial charge in [0, 0.05) is 7.11 Å². The van der Waals surface area contributed by atoms with Gasteiger partial charge in [-0.1, -0.05) is 0 Å². The summed E-state index contributed by atoms with van der Waals surface area (Å²) in [6.45, 7) is 3.46. The Labute approximate surface area is 86.1 Å². The van der Waals surface area contributed by atoms with Crippen LogP contribution in [0, 0.1) is 0 Å². The molecule has 0 N–H and O–H groups in total. The first-order valence-corrected chi connectivity index (χ1v) is 3.66. The molecular weight excluding hydrogens is 163 g/mol. The Morgan fingerprint density at radius 3 is 2.10 bits per heavy atom. The second-order valence-corrected chi connectivity index (χ2v) is 4.00. The van der Waals surface area contributed by atoms with Crippen molar-refractivity contribution in [2.24, 2.45) is 0 Å². The molecule has 0 aliphatic heterocycles. The standard InChI is InChI=1S/C5H12O3S.Na/c1-5(2,4-8-3)9(6)7;/h4H2,1-3H3,(H,6,7);/q;+1/p-1. The summed E-state index contributed by atoms with van der Waals surface area (Å²) in [6.07, 6.45) is 0. The van der Waals surface area contributed by atoms with Crippen LogP contribution in [0.25, 0.3) is 0 Å². The van der Waals surface area contributed by atoms with E-state index in [0.29, 0.717) is 0 Å². The van der Waals surface area contributed by atoms with Crippen molar-refractivity contribution in [3.05, 3.63) is 0 Å². The molecule has 0 aromatic rings. The monoisotopic (exact) mass is 174 g/mol. The molecule has 0 aromatic carbocycles.